The van der Waals surface area contributed by atoms with Crippen LogP contribution in [0.25, 0.3) is 0 Å². The Bertz CT molecular complexity index is 505. The number of carbonyl (C=O) groups is 1. The van der Waals surface area contributed by atoms with E-state index >= 15 is 0 Å². The number of nitrogens with one attached hydrogen (secondary N) is 1. The topological polar surface area (TPSA) is 49.3 Å². The number of amides is 1. The Balaban J connectivity index is 2.01. The van der Waals surface area contributed by atoms with Gasteiger partial charge in [0.1, 0.15) is 6.61 Å². The summed E-state index contributed by atoms with van der Waals surface area (Å²) in [5.41, 5.74) is 1.39. The van der Waals surface area contributed by atoms with Crippen molar-refractivity contribution in [1.29, 1.82) is 0 Å². The van der Waals surface area contributed by atoms with Gasteiger partial charge in [0.05, 0.1) is 0 Å². The number of hydrogen-bond acceptors (Lipinski definition) is 2. The van der Waals surface area contributed by atoms with E-state index in [1.165, 1.54) is 25.7 Å². The summed E-state index contributed by atoms with van der Waals surface area (Å²) in [6.07, 6.45) is 7.11. The molecule has 0 heterocycles. The lowest BCUT2D eigenvalue weighted by molar-refractivity contribution is 0.0933. The molecule has 0 radical (unpaired) electrons. The van der Waals surface area contributed by atoms with Gasteiger partial charge < -0.3 is 10.4 Å². The number of aliphatic hydroxyl groups is 1. The third-order valence-electron chi connectivity index (χ3n) is 3.63. The maximum absolute atomic E-state index is 12.2. The lowest BCUT2D eigenvalue weighted by atomic mass is 10.1. The third kappa shape index (κ3) is 4.40. The van der Waals surface area contributed by atoms with Gasteiger partial charge in [-0.15, -0.1) is 0 Å². The highest BCUT2D eigenvalue weighted by Crippen LogP contribution is 2.17. The van der Waals surface area contributed by atoms with Crippen molar-refractivity contribution < 1.29 is 9.90 Å². The van der Waals surface area contributed by atoms with Crippen molar-refractivity contribution in [3.8, 4) is 11.8 Å². The normalized spacial score (nSPS) is 15.8. The second kappa shape index (κ2) is 7.72. The Labute approximate surface area is 120 Å². The van der Waals surface area contributed by atoms with E-state index in [2.05, 4.69) is 17.2 Å². The van der Waals surface area contributed by atoms with Gasteiger partial charge in [0, 0.05) is 17.2 Å². The van der Waals surface area contributed by atoms with E-state index in [1.54, 1.807) is 12.1 Å². The molecule has 1 fully saturated rings. The highest BCUT2D eigenvalue weighted by atomic mass is 16.2. The molecule has 3 nitrogen and oxygen atoms in total. The summed E-state index contributed by atoms with van der Waals surface area (Å²) in [5.74, 6) is 5.39. The standard InChI is InChI=1S/C17H21NO2/c19-12-6-8-14-7-5-9-15(13-14)17(20)18-16-10-3-1-2-4-11-16/h5,7,9,13,16,19H,1-4,10-12H2,(H,18,20). The molecule has 2 N–H and O–H groups in total. The minimum Gasteiger partial charge on any atom is -0.384 e. The first kappa shape index (κ1) is 14.6. The van der Waals surface area contributed by atoms with Gasteiger partial charge in [0.2, 0.25) is 0 Å². The molecule has 106 valence electrons. The molecule has 1 aliphatic rings. The van der Waals surface area contributed by atoms with Crippen LogP contribution >= 0.6 is 0 Å². The van der Waals surface area contributed by atoms with E-state index in [0.717, 1.165) is 18.4 Å². The van der Waals surface area contributed by atoms with Gasteiger partial charge in [-0.05, 0) is 31.0 Å². The van der Waals surface area contributed by atoms with E-state index in [0.29, 0.717) is 11.6 Å². The number of aliphatic hydroxyl groups excluding tert-OH is 1. The van der Waals surface area contributed by atoms with Crippen LogP contribution in [0.2, 0.25) is 0 Å². The SMILES string of the molecule is O=C(NC1CCCCCC1)c1cccc(C#CCO)c1. The minimum absolute atomic E-state index is 0.0236. The van der Waals surface area contributed by atoms with Gasteiger partial charge in [-0.1, -0.05) is 43.6 Å². The fourth-order valence-electron chi connectivity index (χ4n) is 2.57. The van der Waals surface area contributed by atoms with Gasteiger partial charge in [0.25, 0.3) is 5.91 Å². The Morgan fingerprint density at radius 3 is 2.70 bits per heavy atom. The minimum atomic E-state index is -0.168. The largest absolute Gasteiger partial charge is 0.384 e. The van der Waals surface area contributed by atoms with Gasteiger partial charge in [-0.2, -0.15) is 0 Å². The molecule has 0 atom stereocenters. The molecule has 0 spiro atoms. The van der Waals surface area contributed by atoms with Gasteiger partial charge >= 0.3 is 0 Å². The fourth-order valence-corrected chi connectivity index (χ4v) is 2.57. The number of hydrogen-bond donors (Lipinski definition) is 2. The van der Waals surface area contributed by atoms with Crippen LogP contribution in [-0.2, 0) is 0 Å². The summed E-state index contributed by atoms with van der Waals surface area (Å²) < 4.78 is 0. The van der Waals surface area contributed by atoms with Crippen molar-refractivity contribution in [1.82, 2.24) is 5.32 Å². The van der Waals surface area contributed by atoms with Crippen LogP contribution in [-0.4, -0.2) is 23.7 Å². The van der Waals surface area contributed by atoms with Crippen molar-refractivity contribution in [2.75, 3.05) is 6.61 Å². The van der Waals surface area contributed by atoms with E-state index in [9.17, 15) is 4.79 Å². The number of benzene rings is 1. The Morgan fingerprint density at radius 1 is 1.25 bits per heavy atom. The molecule has 1 aliphatic carbocycles. The third-order valence-corrected chi connectivity index (χ3v) is 3.63. The predicted molar refractivity (Wildman–Crippen MR) is 79.4 cm³/mol. The molecule has 1 aromatic rings. The van der Waals surface area contributed by atoms with Crippen LogP contribution in [0.4, 0.5) is 0 Å². The second-order valence-corrected chi connectivity index (χ2v) is 5.20. The van der Waals surface area contributed by atoms with Crippen LogP contribution in [0.15, 0.2) is 24.3 Å². The highest BCUT2D eigenvalue weighted by molar-refractivity contribution is 5.94. The molecule has 2 rings (SSSR count). The first-order valence-electron chi connectivity index (χ1n) is 7.30. The van der Waals surface area contributed by atoms with Crippen molar-refractivity contribution in [2.24, 2.45) is 0 Å². The summed E-state index contributed by atoms with van der Waals surface area (Å²) in [5, 5.41) is 11.8. The Hall–Kier alpha value is -1.79. The van der Waals surface area contributed by atoms with Crippen molar-refractivity contribution in [2.45, 2.75) is 44.6 Å². The monoisotopic (exact) mass is 271 g/mol. The molecule has 0 saturated heterocycles. The molecule has 0 aromatic heterocycles. The molecule has 1 saturated carbocycles. The van der Waals surface area contributed by atoms with Crippen LogP contribution in [0.1, 0.15) is 54.4 Å². The summed E-state index contributed by atoms with van der Waals surface area (Å²) in [4.78, 5) is 12.2. The van der Waals surface area contributed by atoms with Crippen LogP contribution < -0.4 is 5.32 Å². The predicted octanol–water partition coefficient (Wildman–Crippen LogP) is 2.48. The van der Waals surface area contributed by atoms with E-state index < -0.39 is 0 Å². The molecule has 20 heavy (non-hydrogen) atoms. The quantitative estimate of drug-likeness (QED) is 0.641. The molecule has 0 unspecified atom stereocenters. The second-order valence-electron chi connectivity index (χ2n) is 5.20. The lowest BCUT2D eigenvalue weighted by Gasteiger charge is -2.16. The molecule has 1 aromatic carbocycles. The zero-order chi connectivity index (χ0) is 14.2. The number of rotatable bonds is 2. The summed E-state index contributed by atoms with van der Waals surface area (Å²) in [6.45, 7) is -0.168. The maximum atomic E-state index is 12.2. The maximum Gasteiger partial charge on any atom is 0.251 e. The molecule has 3 heteroatoms. The zero-order valence-corrected chi connectivity index (χ0v) is 11.7. The van der Waals surface area contributed by atoms with Gasteiger partial charge in [-0.3, -0.25) is 4.79 Å². The average molecular weight is 271 g/mol. The van der Waals surface area contributed by atoms with E-state index in [4.69, 9.17) is 5.11 Å². The average Bonchev–Trinajstić information content (AvgIpc) is 2.74. The molecule has 0 aliphatic heterocycles. The lowest BCUT2D eigenvalue weighted by Crippen LogP contribution is -2.34. The summed E-state index contributed by atoms with van der Waals surface area (Å²) in [7, 11) is 0. The molecular weight excluding hydrogens is 250 g/mol. The Morgan fingerprint density at radius 2 is 2.00 bits per heavy atom. The van der Waals surface area contributed by atoms with Crippen LogP contribution in [0, 0.1) is 11.8 Å². The first-order chi connectivity index (χ1) is 9.79. The molecular formula is C17H21NO2. The van der Waals surface area contributed by atoms with Crippen LogP contribution in [0.5, 0.6) is 0 Å². The summed E-state index contributed by atoms with van der Waals surface area (Å²) >= 11 is 0. The van der Waals surface area contributed by atoms with E-state index in [1.807, 2.05) is 12.1 Å². The van der Waals surface area contributed by atoms with Crippen LogP contribution in [0.3, 0.4) is 0 Å². The van der Waals surface area contributed by atoms with E-state index in [-0.39, 0.29) is 12.5 Å². The van der Waals surface area contributed by atoms with Gasteiger partial charge in [-0.25, -0.2) is 0 Å². The Kier molecular flexibility index (Phi) is 5.64. The molecule has 1 amide bonds. The molecule has 0 bridgehead atoms. The van der Waals surface area contributed by atoms with Crippen molar-refractivity contribution in [3.05, 3.63) is 35.4 Å². The zero-order valence-electron chi connectivity index (χ0n) is 11.7. The fraction of sp³-hybridized carbons (Fsp3) is 0.471. The van der Waals surface area contributed by atoms with Crippen molar-refractivity contribution in [3.63, 3.8) is 0 Å². The number of carbonyl (C=O) groups excluding carboxylic acids is 1. The smallest absolute Gasteiger partial charge is 0.251 e. The van der Waals surface area contributed by atoms with Gasteiger partial charge in [0.15, 0.2) is 0 Å². The summed E-state index contributed by atoms with van der Waals surface area (Å²) in [6, 6.07) is 7.54. The van der Waals surface area contributed by atoms with Crippen molar-refractivity contribution >= 4 is 5.91 Å². The highest BCUT2D eigenvalue weighted by Gasteiger charge is 2.15. The first-order valence-corrected chi connectivity index (χ1v) is 7.30.